The maximum absolute atomic E-state index is 6.07. The minimum Gasteiger partial charge on any atom is -0.323 e. The van der Waals surface area contributed by atoms with Gasteiger partial charge in [0.2, 0.25) is 0 Å². The molecule has 136 valence electrons. The molecule has 2 nitrogen and oxygen atoms in total. The van der Waals surface area contributed by atoms with E-state index in [1.807, 2.05) is 30.5 Å². The molecule has 0 aliphatic heterocycles. The van der Waals surface area contributed by atoms with E-state index in [-0.39, 0.29) is 6.04 Å². The van der Waals surface area contributed by atoms with Crippen LogP contribution in [-0.2, 0) is 0 Å². The second-order valence-corrected chi connectivity index (χ2v) is 7.79. The zero-order valence-electron chi connectivity index (χ0n) is 15.9. The second kappa shape index (κ2) is 7.21. The first-order chi connectivity index (χ1) is 13.1. The lowest BCUT2D eigenvalue weighted by molar-refractivity contribution is 0.439. The van der Waals surface area contributed by atoms with Gasteiger partial charge >= 0.3 is 0 Å². The molecule has 0 spiro atoms. The molecule has 1 unspecified atom stereocenters. The topological polar surface area (TPSA) is 17.8 Å². The molecule has 3 aromatic carbocycles. The van der Waals surface area contributed by atoms with Crippen LogP contribution >= 0.6 is 11.6 Å². The highest BCUT2D eigenvalue weighted by Gasteiger charge is 2.23. The van der Waals surface area contributed by atoms with Crippen molar-refractivity contribution in [2.45, 2.75) is 26.8 Å². The first-order valence-electron chi connectivity index (χ1n) is 9.33. The molecule has 0 saturated carbocycles. The fourth-order valence-electron chi connectivity index (χ4n) is 3.95. The van der Waals surface area contributed by atoms with Crippen LogP contribution in [0.5, 0.6) is 0 Å². The van der Waals surface area contributed by atoms with Gasteiger partial charge < -0.3 is 4.57 Å². The molecule has 0 saturated heterocycles. The third kappa shape index (κ3) is 3.26. The summed E-state index contributed by atoms with van der Waals surface area (Å²) in [6.07, 6.45) is 3.97. The van der Waals surface area contributed by atoms with Gasteiger partial charge in [-0.2, -0.15) is 0 Å². The van der Waals surface area contributed by atoms with E-state index in [1.165, 1.54) is 21.9 Å². The molecule has 0 amide bonds. The summed E-state index contributed by atoms with van der Waals surface area (Å²) in [6, 6.07) is 21.2. The fraction of sp³-hybridized carbons (Fsp3) is 0.208. The molecule has 0 bridgehead atoms. The molecule has 4 aromatic rings. The van der Waals surface area contributed by atoms with E-state index in [1.54, 1.807) is 0 Å². The largest absolute Gasteiger partial charge is 0.323 e. The molecule has 27 heavy (non-hydrogen) atoms. The predicted octanol–water partition coefficient (Wildman–Crippen LogP) is 6.91. The summed E-state index contributed by atoms with van der Waals surface area (Å²) in [5.41, 5.74) is 3.76. The lowest BCUT2D eigenvalue weighted by Crippen LogP contribution is -2.18. The van der Waals surface area contributed by atoms with E-state index >= 15 is 0 Å². The van der Waals surface area contributed by atoms with Crippen molar-refractivity contribution < 1.29 is 0 Å². The van der Waals surface area contributed by atoms with Gasteiger partial charge in [-0.05, 0) is 59.0 Å². The van der Waals surface area contributed by atoms with Crippen LogP contribution in [0.25, 0.3) is 22.2 Å². The van der Waals surface area contributed by atoms with Crippen LogP contribution in [0.1, 0.15) is 31.0 Å². The zero-order valence-corrected chi connectivity index (χ0v) is 16.6. The highest BCUT2D eigenvalue weighted by Crippen LogP contribution is 2.35. The molecule has 0 aliphatic carbocycles. The van der Waals surface area contributed by atoms with Gasteiger partial charge in [-0.1, -0.05) is 61.8 Å². The van der Waals surface area contributed by atoms with Crippen molar-refractivity contribution in [3.8, 4) is 11.4 Å². The number of imidazole rings is 1. The molecule has 0 fully saturated rings. The van der Waals surface area contributed by atoms with Crippen molar-refractivity contribution in [3.05, 3.63) is 89.2 Å². The van der Waals surface area contributed by atoms with Gasteiger partial charge in [-0.3, -0.25) is 0 Å². The monoisotopic (exact) mass is 374 g/mol. The van der Waals surface area contributed by atoms with Crippen molar-refractivity contribution >= 4 is 22.4 Å². The lowest BCUT2D eigenvalue weighted by Gasteiger charge is -2.27. The van der Waals surface area contributed by atoms with Crippen LogP contribution in [-0.4, -0.2) is 9.55 Å². The Balaban J connectivity index is 1.87. The Morgan fingerprint density at radius 1 is 0.926 bits per heavy atom. The number of nitrogens with zero attached hydrogens (tertiary/aromatic N) is 2. The maximum Gasteiger partial charge on any atom is 0.140 e. The summed E-state index contributed by atoms with van der Waals surface area (Å²) in [7, 11) is 0. The van der Waals surface area contributed by atoms with Crippen LogP contribution < -0.4 is 0 Å². The van der Waals surface area contributed by atoms with Gasteiger partial charge in [-0.15, -0.1) is 0 Å². The Labute approximate surface area is 165 Å². The fourth-order valence-corrected chi connectivity index (χ4v) is 4.08. The van der Waals surface area contributed by atoms with Gasteiger partial charge in [0, 0.05) is 23.0 Å². The Kier molecular flexibility index (Phi) is 4.75. The SMILES string of the molecule is Cc1c(C(C(C)C)n2ccnc2-c2ccc(Cl)cc2)ccc2ccccc12. The molecule has 0 radical (unpaired) electrons. The Hall–Kier alpha value is -2.58. The molecule has 1 atom stereocenters. The van der Waals surface area contributed by atoms with Gasteiger partial charge in [0.25, 0.3) is 0 Å². The normalized spacial score (nSPS) is 12.6. The number of halogens is 1. The first kappa shape index (κ1) is 17.8. The number of hydrogen-bond acceptors (Lipinski definition) is 1. The second-order valence-electron chi connectivity index (χ2n) is 7.35. The molecule has 3 heteroatoms. The predicted molar refractivity (Wildman–Crippen MR) is 114 cm³/mol. The van der Waals surface area contributed by atoms with Gasteiger partial charge in [0.15, 0.2) is 0 Å². The van der Waals surface area contributed by atoms with Crippen LogP contribution in [0, 0.1) is 12.8 Å². The smallest absolute Gasteiger partial charge is 0.140 e. The molecule has 0 N–H and O–H groups in total. The summed E-state index contributed by atoms with van der Waals surface area (Å²) in [5, 5.41) is 3.33. The molecule has 4 rings (SSSR count). The highest BCUT2D eigenvalue weighted by atomic mass is 35.5. The van der Waals surface area contributed by atoms with E-state index in [0.29, 0.717) is 5.92 Å². The summed E-state index contributed by atoms with van der Waals surface area (Å²) in [4.78, 5) is 4.66. The van der Waals surface area contributed by atoms with Crippen molar-refractivity contribution in [2.75, 3.05) is 0 Å². The van der Waals surface area contributed by atoms with Crippen molar-refractivity contribution in [1.29, 1.82) is 0 Å². The van der Waals surface area contributed by atoms with Crippen molar-refractivity contribution in [1.82, 2.24) is 9.55 Å². The third-order valence-corrected chi connectivity index (χ3v) is 5.51. The number of rotatable bonds is 4. The molecular weight excluding hydrogens is 352 g/mol. The average Bonchev–Trinajstić information content (AvgIpc) is 3.13. The quantitative estimate of drug-likeness (QED) is 0.379. The number of hydrogen-bond donors (Lipinski definition) is 0. The Morgan fingerprint density at radius 3 is 2.41 bits per heavy atom. The number of benzene rings is 3. The summed E-state index contributed by atoms with van der Waals surface area (Å²) < 4.78 is 2.30. The van der Waals surface area contributed by atoms with Crippen molar-refractivity contribution in [2.24, 2.45) is 5.92 Å². The molecule has 1 heterocycles. The summed E-state index contributed by atoms with van der Waals surface area (Å²) >= 11 is 6.07. The molecule has 0 aliphatic rings. The Bertz CT molecular complexity index is 1080. The molecular formula is C24H23ClN2. The van der Waals surface area contributed by atoms with Crippen LogP contribution in [0.4, 0.5) is 0 Å². The van der Waals surface area contributed by atoms with Gasteiger partial charge in [0.05, 0.1) is 6.04 Å². The van der Waals surface area contributed by atoms with Gasteiger partial charge in [0.1, 0.15) is 5.82 Å². The zero-order chi connectivity index (χ0) is 19.0. The number of aryl methyl sites for hydroxylation is 1. The summed E-state index contributed by atoms with van der Waals surface area (Å²) in [5.74, 6) is 1.39. The van der Waals surface area contributed by atoms with Crippen molar-refractivity contribution in [3.63, 3.8) is 0 Å². The highest BCUT2D eigenvalue weighted by molar-refractivity contribution is 6.30. The third-order valence-electron chi connectivity index (χ3n) is 5.26. The minimum atomic E-state index is 0.211. The van der Waals surface area contributed by atoms with Crippen LogP contribution in [0.3, 0.4) is 0 Å². The lowest BCUT2D eigenvalue weighted by atomic mass is 9.89. The van der Waals surface area contributed by atoms with E-state index < -0.39 is 0 Å². The van der Waals surface area contributed by atoms with E-state index in [9.17, 15) is 0 Å². The minimum absolute atomic E-state index is 0.211. The standard InChI is InChI=1S/C24H23ClN2/c1-16(2)23(22-13-10-18-6-4-5-7-21(18)17(22)3)27-15-14-26-24(27)19-8-11-20(25)12-9-19/h4-16,23H,1-3H3. The van der Waals surface area contributed by atoms with E-state index in [4.69, 9.17) is 11.6 Å². The number of aromatic nitrogens is 2. The molecule has 1 aromatic heterocycles. The first-order valence-corrected chi connectivity index (χ1v) is 9.71. The number of fused-ring (bicyclic) bond motifs is 1. The Morgan fingerprint density at radius 2 is 1.67 bits per heavy atom. The average molecular weight is 375 g/mol. The maximum atomic E-state index is 6.07. The van der Waals surface area contributed by atoms with Gasteiger partial charge in [-0.25, -0.2) is 4.98 Å². The van der Waals surface area contributed by atoms with E-state index in [0.717, 1.165) is 16.4 Å². The van der Waals surface area contributed by atoms with E-state index in [2.05, 4.69) is 72.9 Å². The van der Waals surface area contributed by atoms with Crippen LogP contribution in [0.2, 0.25) is 5.02 Å². The van der Waals surface area contributed by atoms with Crippen LogP contribution in [0.15, 0.2) is 73.1 Å². The summed E-state index contributed by atoms with van der Waals surface area (Å²) in [6.45, 7) is 6.77.